The lowest BCUT2D eigenvalue weighted by atomic mass is 10.2. The Morgan fingerprint density at radius 1 is 0.963 bits per heavy atom. The van der Waals surface area contributed by atoms with Crippen LogP contribution in [0.25, 0.3) is 0 Å². The SMILES string of the molecule is COCCOc1ccccc1C(=O)NC(=S)NNC(=O)c1ccccc1Br. The number of nitrogens with one attached hydrogen (secondary N) is 3. The van der Waals surface area contributed by atoms with Gasteiger partial charge < -0.3 is 9.47 Å². The molecule has 0 aliphatic rings. The van der Waals surface area contributed by atoms with Gasteiger partial charge in [0.15, 0.2) is 5.11 Å². The van der Waals surface area contributed by atoms with E-state index >= 15 is 0 Å². The van der Waals surface area contributed by atoms with Gasteiger partial charge in [0.25, 0.3) is 11.8 Å². The van der Waals surface area contributed by atoms with Gasteiger partial charge in [-0.15, -0.1) is 0 Å². The fraction of sp³-hybridized carbons (Fsp3) is 0.167. The van der Waals surface area contributed by atoms with Crippen LogP contribution in [-0.2, 0) is 4.74 Å². The molecule has 0 aliphatic carbocycles. The molecule has 0 unspecified atom stereocenters. The molecule has 0 bridgehead atoms. The van der Waals surface area contributed by atoms with E-state index in [9.17, 15) is 9.59 Å². The van der Waals surface area contributed by atoms with Gasteiger partial charge in [-0.1, -0.05) is 24.3 Å². The second-order valence-corrected chi connectivity index (χ2v) is 6.44. The van der Waals surface area contributed by atoms with Crippen LogP contribution in [-0.4, -0.2) is 37.3 Å². The Labute approximate surface area is 170 Å². The number of benzene rings is 2. The van der Waals surface area contributed by atoms with Gasteiger partial charge in [0.05, 0.1) is 17.7 Å². The molecule has 2 rings (SSSR count). The van der Waals surface area contributed by atoms with Gasteiger partial charge in [-0.05, 0) is 52.4 Å². The van der Waals surface area contributed by atoms with Crippen LogP contribution >= 0.6 is 28.1 Å². The van der Waals surface area contributed by atoms with Gasteiger partial charge in [-0.2, -0.15) is 0 Å². The summed E-state index contributed by atoms with van der Waals surface area (Å²) in [7, 11) is 1.56. The van der Waals surface area contributed by atoms with E-state index in [0.29, 0.717) is 34.6 Å². The maximum absolute atomic E-state index is 12.4. The summed E-state index contributed by atoms with van der Waals surface area (Å²) in [6.07, 6.45) is 0. The van der Waals surface area contributed by atoms with Gasteiger partial charge in [0.2, 0.25) is 0 Å². The van der Waals surface area contributed by atoms with Crippen molar-refractivity contribution in [2.45, 2.75) is 0 Å². The normalized spacial score (nSPS) is 10.0. The minimum atomic E-state index is -0.462. The van der Waals surface area contributed by atoms with Gasteiger partial charge in [0, 0.05) is 11.6 Å². The zero-order chi connectivity index (χ0) is 19.6. The van der Waals surface area contributed by atoms with Crippen LogP contribution in [0.15, 0.2) is 53.0 Å². The molecule has 0 saturated carbocycles. The van der Waals surface area contributed by atoms with Crippen molar-refractivity contribution < 1.29 is 19.1 Å². The summed E-state index contributed by atoms with van der Waals surface area (Å²) in [5.41, 5.74) is 5.67. The fourth-order valence-corrected chi connectivity index (χ4v) is 2.65. The van der Waals surface area contributed by atoms with Crippen LogP contribution in [0.4, 0.5) is 0 Å². The Kier molecular flexibility index (Phi) is 8.18. The third-order valence-electron chi connectivity index (χ3n) is 3.31. The molecule has 0 aromatic heterocycles. The van der Waals surface area contributed by atoms with Crippen molar-refractivity contribution in [2.24, 2.45) is 0 Å². The predicted octanol–water partition coefficient (Wildman–Crippen LogP) is 2.42. The number of ether oxygens (including phenoxy) is 2. The van der Waals surface area contributed by atoms with Crippen molar-refractivity contribution in [1.29, 1.82) is 0 Å². The Hall–Kier alpha value is -2.49. The number of carbonyl (C=O) groups excluding carboxylic acids is 2. The van der Waals surface area contributed by atoms with Crippen molar-refractivity contribution in [3.8, 4) is 5.75 Å². The second kappa shape index (κ2) is 10.6. The first-order valence-corrected chi connectivity index (χ1v) is 9.10. The monoisotopic (exact) mass is 451 g/mol. The Morgan fingerprint density at radius 2 is 1.63 bits per heavy atom. The number of rotatable bonds is 6. The molecule has 0 fully saturated rings. The topological polar surface area (TPSA) is 88.7 Å². The average molecular weight is 452 g/mol. The number of hydrazine groups is 1. The van der Waals surface area contributed by atoms with E-state index in [-0.39, 0.29) is 5.11 Å². The molecule has 3 N–H and O–H groups in total. The van der Waals surface area contributed by atoms with Crippen molar-refractivity contribution in [3.05, 3.63) is 64.1 Å². The second-order valence-electron chi connectivity index (χ2n) is 5.18. The highest BCUT2D eigenvalue weighted by Gasteiger charge is 2.14. The Bertz CT molecular complexity index is 832. The maximum atomic E-state index is 12.4. The van der Waals surface area contributed by atoms with Gasteiger partial charge in [0.1, 0.15) is 12.4 Å². The third-order valence-corrected chi connectivity index (χ3v) is 4.21. The Balaban J connectivity index is 1.91. The first kappa shape index (κ1) is 20.8. The van der Waals surface area contributed by atoms with Crippen LogP contribution in [0, 0.1) is 0 Å². The van der Waals surface area contributed by atoms with Crippen LogP contribution in [0.2, 0.25) is 0 Å². The van der Waals surface area contributed by atoms with Gasteiger partial charge in [-0.25, -0.2) is 0 Å². The first-order chi connectivity index (χ1) is 13.0. The minimum Gasteiger partial charge on any atom is -0.490 e. The summed E-state index contributed by atoms with van der Waals surface area (Å²) >= 11 is 8.35. The highest BCUT2D eigenvalue weighted by atomic mass is 79.9. The number of methoxy groups -OCH3 is 1. The van der Waals surface area contributed by atoms with E-state index in [2.05, 4.69) is 32.1 Å². The van der Waals surface area contributed by atoms with E-state index in [1.54, 1.807) is 55.6 Å². The summed E-state index contributed by atoms with van der Waals surface area (Å²) in [4.78, 5) is 24.5. The number of hydrogen-bond donors (Lipinski definition) is 3. The molecular formula is C18H18BrN3O4S. The molecule has 9 heteroatoms. The number of thiocarbonyl (C=S) groups is 1. The zero-order valence-electron chi connectivity index (χ0n) is 14.5. The van der Waals surface area contributed by atoms with Crippen LogP contribution in [0.5, 0.6) is 5.75 Å². The molecule has 0 atom stereocenters. The number of halogens is 1. The molecule has 0 heterocycles. The fourth-order valence-electron chi connectivity index (χ4n) is 2.04. The van der Waals surface area contributed by atoms with Crippen LogP contribution in [0.3, 0.4) is 0 Å². The number of carbonyl (C=O) groups is 2. The van der Waals surface area contributed by atoms with E-state index in [0.717, 1.165) is 0 Å². The standard InChI is InChI=1S/C18H18BrN3O4S/c1-25-10-11-26-15-9-5-3-7-13(15)16(23)20-18(27)22-21-17(24)12-6-2-4-8-14(12)19/h2-9H,10-11H2,1H3,(H,21,24)(H2,20,22,23,27). The predicted molar refractivity (Wildman–Crippen MR) is 109 cm³/mol. The highest BCUT2D eigenvalue weighted by Crippen LogP contribution is 2.18. The van der Waals surface area contributed by atoms with E-state index < -0.39 is 11.8 Å². The molecule has 27 heavy (non-hydrogen) atoms. The average Bonchev–Trinajstić information content (AvgIpc) is 2.67. The van der Waals surface area contributed by atoms with E-state index in [4.69, 9.17) is 21.7 Å². The molecule has 142 valence electrons. The molecule has 0 aliphatic heterocycles. The molecule has 2 amide bonds. The molecule has 7 nitrogen and oxygen atoms in total. The van der Waals surface area contributed by atoms with Crippen LogP contribution < -0.4 is 20.9 Å². The molecule has 2 aromatic rings. The molecule has 2 aromatic carbocycles. The first-order valence-electron chi connectivity index (χ1n) is 7.90. The Morgan fingerprint density at radius 3 is 2.33 bits per heavy atom. The lowest BCUT2D eigenvalue weighted by molar-refractivity contribution is 0.0932. The molecular weight excluding hydrogens is 434 g/mol. The quantitative estimate of drug-likeness (QED) is 0.355. The molecule has 0 radical (unpaired) electrons. The zero-order valence-corrected chi connectivity index (χ0v) is 16.9. The summed E-state index contributed by atoms with van der Waals surface area (Å²) < 4.78 is 11.1. The summed E-state index contributed by atoms with van der Waals surface area (Å²) in [5, 5.41) is 2.44. The van der Waals surface area contributed by atoms with E-state index in [1.165, 1.54) is 0 Å². The number of hydrogen-bond acceptors (Lipinski definition) is 5. The third kappa shape index (κ3) is 6.31. The highest BCUT2D eigenvalue weighted by molar-refractivity contribution is 9.10. The van der Waals surface area contributed by atoms with Gasteiger partial charge in [-0.3, -0.25) is 25.8 Å². The molecule has 0 saturated heterocycles. The van der Waals surface area contributed by atoms with Gasteiger partial charge >= 0.3 is 0 Å². The van der Waals surface area contributed by atoms with Crippen molar-refractivity contribution in [3.63, 3.8) is 0 Å². The summed E-state index contributed by atoms with van der Waals surface area (Å²) in [5.74, 6) is -0.454. The summed E-state index contributed by atoms with van der Waals surface area (Å²) in [6.45, 7) is 0.711. The molecule has 0 spiro atoms. The van der Waals surface area contributed by atoms with Crippen LogP contribution in [0.1, 0.15) is 20.7 Å². The maximum Gasteiger partial charge on any atom is 0.270 e. The smallest absolute Gasteiger partial charge is 0.270 e. The lowest BCUT2D eigenvalue weighted by Gasteiger charge is -2.13. The van der Waals surface area contributed by atoms with E-state index in [1.807, 2.05) is 0 Å². The van der Waals surface area contributed by atoms with Crippen molar-refractivity contribution in [1.82, 2.24) is 16.2 Å². The largest absolute Gasteiger partial charge is 0.490 e. The number of amides is 2. The lowest BCUT2D eigenvalue weighted by Crippen LogP contribution is -2.48. The van der Waals surface area contributed by atoms with Crippen molar-refractivity contribution in [2.75, 3.05) is 20.3 Å². The summed E-state index contributed by atoms with van der Waals surface area (Å²) in [6, 6.07) is 13.7. The minimum absolute atomic E-state index is 0.0490. The number of para-hydroxylation sites is 1. The van der Waals surface area contributed by atoms with Crippen molar-refractivity contribution >= 4 is 45.1 Å².